The number of benzene rings is 2. The van der Waals surface area contributed by atoms with Gasteiger partial charge in [-0.1, -0.05) is 18.2 Å². The molecule has 4 rings (SSSR count). The molecule has 5 nitrogen and oxygen atoms in total. The average Bonchev–Trinajstić information content (AvgIpc) is 2.90. The van der Waals surface area contributed by atoms with Crippen LogP contribution in [-0.4, -0.2) is 11.0 Å². The van der Waals surface area contributed by atoms with Gasteiger partial charge in [0.05, 0.1) is 17.0 Å². The highest BCUT2D eigenvalue weighted by molar-refractivity contribution is 5.99. The minimum Gasteiger partial charge on any atom is -0.508 e. The number of aryl methyl sites for hydroxylation is 2. The van der Waals surface area contributed by atoms with Gasteiger partial charge in [-0.15, -0.1) is 0 Å². The van der Waals surface area contributed by atoms with Crippen LogP contribution in [0.5, 0.6) is 5.75 Å². The standard InChI is InChI=1S/C19H15NO4/c1-9-3-8-13-16(22)14-15(11-4-6-12(21)7-5-11)20-19(23)18(14)24-17(13)10(9)2/h3-8,15,21H,1-2H3,(H,20,23). The fourth-order valence-corrected chi connectivity index (χ4v) is 3.12. The van der Waals surface area contributed by atoms with Gasteiger partial charge >= 0.3 is 0 Å². The zero-order valence-corrected chi connectivity index (χ0v) is 13.2. The molecule has 3 aromatic rings. The monoisotopic (exact) mass is 321 g/mol. The van der Waals surface area contributed by atoms with Crippen molar-refractivity contribution in [3.8, 4) is 5.75 Å². The summed E-state index contributed by atoms with van der Waals surface area (Å²) in [6.45, 7) is 3.80. The molecule has 1 aromatic heterocycles. The Morgan fingerprint density at radius 3 is 2.46 bits per heavy atom. The molecule has 0 spiro atoms. The van der Waals surface area contributed by atoms with Crippen LogP contribution in [-0.2, 0) is 0 Å². The molecule has 0 aliphatic carbocycles. The van der Waals surface area contributed by atoms with Crippen molar-refractivity contribution in [1.82, 2.24) is 5.32 Å². The molecular formula is C19H15NO4. The molecule has 0 radical (unpaired) electrons. The normalized spacial score (nSPS) is 16.2. The molecule has 0 bridgehead atoms. The Bertz CT molecular complexity index is 1050. The van der Waals surface area contributed by atoms with Crippen LogP contribution in [0.1, 0.15) is 38.9 Å². The Hall–Kier alpha value is -3.08. The third-order valence-electron chi connectivity index (χ3n) is 4.61. The fourth-order valence-electron chi connectivity index (χ4n) is 3.12. The van der Waals surface area contributed by atoms with E-state index in [1.165, 1.54) is 12.1 Å². The number of carbonyl (C=O) groups excluding carboxylic acids is 1. The van der Waals surface area contributed by atoms with Crippen LogP contribution in [0.2, 0.25) is 0 Å². The van der Waals surface area contributed by atoms with Gasteiger partial charge in [0.2, 0.25) is 5.76 Å². The second-order valence-corrected chi connectivity index (χ2v) is 6.06. The number of carbonyl (C=O) groups is 1. The van der Waals surface area contributed by atoms with E-state index in [4.69, 9.17) is 4.42 Å². The summed E-state index contributed by atoms with van der Waals surface area (Å²) in [6, 6.07) is 9.45. The number of phenolic OH excluding ortho intramolecular Hbond substituents is 1. The van der Waals surface area contributed by atoms with E-state index in [0.717, 1.165) is 16.7 Å². The third kappa shape index (κ3) is 1.94. The lowest BCUT2D eigenvalue weighted by molar-refractivity contribution is 0.0938. The molecule has 2 N–H and O–H groups in total. The maximum absolute atomic E-state index is 13.0. The second-order valence-electron chi connectivity index (χ2n) is 6.06. The van der Waals surface area contributed by atoms with Crippen LogP contribution in [0, 0.1) is 13.8 Å². The Labute approximate surface area is 137 Å². The molecule has 24 heavy (non-hydrogen) atoms. The maximum Gasteiger partial charge on any atom is 0.288 e. The molecule has 0 fully saturated rings. The lowest BCUT2D eigenvalue weighted by Crippen LogP contribution is -2.21. The summed E-state index contributed by atoms with van der Waals surface area (Å²) >= 11 is 0. The summed E-state index contributed by atoms with van der Waals surface area (Å²) in [4.78, 5) is 25.3. The molecule has 120 valence electrons. The molecule has 1 atom stereocenters. The Morgan fingerprint density at radius 2 is 1.75 bits per heavy atom. The average molecular weight is 321 g/mol. The van der Waals surface area contributed by atoms with Gasteiger partial charge in [0.25, 0.3) is 5.91 Å². The number of fused-ring (bicyclic) bond motifs is 2. The first-order valence-corrected chi connectivity index (χ1v) is 7.64. The van der Waals surface area contributed by atoms with E-state index in [1.807, 2.05) is 19.9 Å². The molecule has 1 amide bonds. The highest BCUT2D eigenvalue weighted by atomic mass is 16.3. The smallest absolute Gasteiger partial charge is 0.288 e. The van der Waals surface area contributed by atoms with E-state index >= 15 is 0 Å². The van der Waals surface area contributed by atoms with Gasteiger partial charge in [-0.2, -0.15) is 0 Å². The number of phenols is 1. The van der Waals surface area contributed by atoms with E-state index in [1.54, 1.807) is 18.2 Å². The number of amides is 1. The summed E-state index contributed by atoms with van der Waals surface area (Å²) < 4.78 is 5.82. The first-order chi connectivity index (χ1) is 11.5. The molecule has 1 unspecified atom stereocenters. The number of nitrogens with one attached hydrogen (secondary N) is 1. The number of aromatic hydroxyl groups is 1. The lowest BCUT2D eigenvalue weighted by atomic mass is 9.98. The van der Waals surface area contributed by atoms with Crippen molar-refractivity contribution >= 4 is 16.9 Å². The van der Waals surface area contributed by atoms with Crippen molar-refractivity contribution in [2.45, 2.75) is 19.9 Å². The number of rotatable bonds is 1. The van der Waals surface area contributed by atoms with Gasteiger partial charge in [0, 0.05) is 0 Å². The van der Waals surface area contributed by atoms with Crippen molar-refractivity contribution in [1.29, 1.82) is 0 Å². The first kappa shape index (κ1) is 14.5. The highest BCUT2D eigenvalue weighted by Crippen LogP contribution is 2.32. The quantitative estimate of drug-likeness (QED) is 0.722. The molecule has 2 heterocycles. The minimum atomic E-state index is -0.574. The van der Waals surface area contributed by atoms with Crippen LogP contribution in [0.3, 0.4) is 0 Å². The fraction of sp³-hybridized carbons (Fsp3) is 0.158. The summed E-state index contributed by atoms with van der Waals surface area (Å²) in [5.41, 5.74) is 3.15. The van der Waals surface area contributed by atoms with Crippen molar-refractivity contribution < 1.29 is 14.3 Å². The lowest BCUT2D eigenvalue weighted by Gasteiger charge is -2.12. The first-order valence-electron chi connectivity index (χ1n) is 7.64. The van der Waals surface area contributed by atoms with Crippen LogP contribution < -0.4 is 10.7 Å². The SMILES string of the molecule is Cc1ccc2c(=O)c3c(oc2c1C)C(=O)NC3c1ccc(O)cc1. The summed E-state index contributed by atoms with van der Waals surface area (Å²) in [5.74, 6) is -0.206. The van der Waals surface area contributed by atoms with E-state index in [9.17, 15) is 14.7 Å². The van der Waals surface area contributed by atoms with Gasteiger partial charge in [-0.25, -0.2) is 0 Å². The van der Waals surface area contributed by atoms with Gasteiger partial charge in [-0.3, -0.25) is 9.59 Å². The summed E-state index contributed by atoms with van der Waals surface area (Å²) in [5, 5.41) is 12.7. The maximum atomic E-state index is 13.0. The molecule has 0 saturated heterocycles. The highest BCUT2D eigenvalue weighted by Gasteiger charge is 2.36. The molecular weight excluding hydrogens is 306 g/mol. The van der Waals surface area contributed by atoms with Crippen molar-refractivity contribution in [2.75, 3.05) is 0 Å². The van der Waals surface area contributed by atoms with Crippen LogP contribution in [0.15, 0.2) is 45.6 Å². The van der Waals surface area contributed by atoms with E-state index in [0.29, 0.717) is 16.5 Å². The Morgan fingerprint density at radius 1 is 1.04 bits per heavy atom. The van der Waals surface area contributed by atoms with Crippen molar-refractivity contribution in [2.24, 2.45) is 0 Å². The van der Waals surface area contributed by atoms with Gasteiger partial charge in [0.15, 0.2) is 5.43 Å². The van der Waals surface area contributed by atoms with Crippen molar-refractivity contribution in [3.05, 3.63) is 74.6 Å². The Kier molecular flexibility index (Phi) is 3.00. The topological polar surface area (TPSA) is 79.5 Å². The summed E-state index contributed by atoms with van der Waals surface area (Å²) in [7, 11) is 0. The van der Waals surface area contributed by atoms with Gasteiger partial charge in [0.1, 0.15) is 11.3 Å². The predicted octanol–water partition coefficient (Wildman–Crippen LogP) is 2.95. The zero-order chi connectivity index (χ0) is 17.0. The number of hydrogen-bond donors (Lipinski definition) is 2. The third-order valence-corrected chi connectivity index (χ3v) is 4.61. The van der Waals surface area contributed by atoms with Crippen molar-refractivity contribution in [3.63, 3.8) is 0 Å². The Balaban J connectivity index is 2.01. The molecule has 1 aliphatic heterocycles. The molecule has 2 aromatic carbocycles. The number of hydrogen-bond acceptors (Lipinski definition) is 4. The zero-order valence-electron chi connectivity index (χ0n) is 13.2. The van der Waals surface area contributed by atoms with Gasteiger partial charge in [-0.05, 0) is 48.7 Å². The predicted molar refractivity (Wildman–Crippen MR) is 89.4 cm³/mol. The second kappa shape index (κ2) is 4.96. The van der Waals surface area contributed by atoms with Crippen LogP contribution in [0.25, 0.3) is 11.0 Å². The van der Waals surface area contributed by atoms with Crippen LogP contribution >= 0.6 is 0 Å². The van der Waals surface area contributed by atoms with E-state index in [-0.39, 0.29) is 16.9 Å². The van der Waals surface area contributed by atoms with Crippen LogP contribution in [0.4, 0.5) is 0 Å². The van der Waals surface area contributed by atoms with Gasteiger partial charge < -0.3 is 14.8 Å². The van der Waals surface area contributed by atoms with E-state index in [2.05, 4.69) is 5.32 Å². The van der Waals surface area contributed by atoms with E-state index < -0.39 is 11.9 Å². The summed E-state index contributed by atoms with van der Waals surface area (Å²) in [6.07, 6.45) is 0. The largest absolute Gasteiger partial charge is 0.508 e. The molecule has 0 saturated carbocycles. The molecule has 1 aliphatic rings. The molecule has 5 heteroatoms. The minimum absolute atomic E-state index is 0.0688.